The molecule has 2 aromatic rings. The normalized spacial score (nSPS) is 11.9. The molecule has 2 rings (SSSR count). The van der Waals surface area contributed by atoms with Crippen molar-refractivity contribution in [2.45, 2.75) is 57.4 Å². The number of anilines is 1. The molecule has 0 aliphatic rings. The van der Waals surface area contributed by atoms with E-state index < -0.39 is 15.6 Å². The molecule has 6 nitrogen and oxygen atoms in total. The van der Waals surface area contributed by atoms with E-state index in [9.17, 15) is 13.2 Å². The van der Waals surface area contributed by atoms with Crippen LogP contribution in [-0.4, -0.2) is 26.5 Å². The number of nitrogens with one attached hydrogen (secondary N) is 2. The molecular weight excluding hydrogens is 388 g/mol. The maximum atomic E-state index is 12.7. The first kappa shape index (κ1) is 22.9. The molecule has 29 heavy (non-hydrogen) atoms. The van der Waals surface area contributed by atoms with Crippen molar-refractivity contribution in [2.75, 3.05) is 11.9 Å². The van der Waals surface area contributed by atoms with Crippen LogP contribution in [0.15, 0.2) is 53.4 Å². The number of carbonyl (C=O) groups excluding carboxylic acids is 1. The van der Waals surface area contributed by atoms with Gasteiger partial charge in [-0.1, -0.05) is 31.9 Å². The molecule has 0 spiro atoms. The van der Waals surface area contributed by atoms with E-state index in [1.165, 1.54) is 12.1 Å². The Hall–Kier alpha value is -2.38. The molecule has 0 saturated carbocycles. The van der Waals surface area contributed by atoms with Gasteiger partial charge in [0.25, 0.3) is 5.91 Å². The van der Waals surface area contributed by atoms with E-state index >= 15 is 0 Å². The lowest BCUT2D eigenvalue weighted by atomic mass is 10.1. The molecule has 0 fully saturated rings. The molecule has 0 saturated heterocycles. The van der Waals surface area contributed by atoms with Crippen LogP contribution < -0.4 is 14.8 Å². The summed E-state index contributed by atoms with van der Waals surface area (Å²) in [6, 6.07) is 13.2. The molecule has 0 aliphatic heterocycles. The minimum Gasteiger partial charge on any atom is -0.493 e. The van der Waals surface area contributed by atoms with E-state index in [0.717, 1.165) is 19.3 Å². The number of hydrogen-bond acceptors (Lipinski definition) is 4. The molecule has 0 aliphatic carbocycles. The second-order valence-corrected chi connectivity index (χ2v) is 9.57. The zero-order valence-electron chi connectivity index (χ0n) is 17.5. The fourth-order valence-electron chi connectivity index (χ4n) is 2.69. The van der Waals surface area contributed by atoms with Crippen molar-refractivity contribution in [2.24, 2.45) is 0 Å². The molecule has 0 bridgehead atoms. The highest BCUT2D eigenvalue weighted by molar-refractivity contribution is 7.89. The summed E-state index contributed by atoms with van der Waals surface area (Å²) in [6.07, 6.45) is 3.11. The van der Waals surface area contributed by atoms with Crippen molar-refractivity contribution in [3.05, 3.63) is 54.1 Å². The van der Waals surface area contributed by atoms with E-state index in [1.807, 2.05) is 6.07 Å². The number of para-hydroxylation sites is 1. The Balaban J connectivity index is 2.08. The molecule has 0 heterocycles. The molecule has 7 heteroatoms. The van der Waals surface area contributed by atoms with E-state index in [1.54, 1.807) is 51.1 Å². The lowest BCUT2D eigenvalue weighted by Gasteiger charge is -2.20. The minimum absolute atomic E-state index is 0.144. The maximum Gasteiger partial charge on any atom is 0.259 e. The van der Waals surface area contributed by atoms with Gasteiger partial charge in [-0.25, -0.2) is 13.1 Å². The summed E-state index contributed by atoms with van der Waals surface area (Å²) in [5.41, 5.74) is 0.368. The molecule has 2 N–H and O–H groups in total. The summed E-state index contributed by atoms with van der Waals surface area (Å²) in [7, 11) is -3.62. The number of rotatable bonds is 9. The average molecular weight is 419 g/mol. The van der Waals surface area contributed by atoms with Crippen molar-refractivity contribution >= 4 is 21.6 Å². The van der Waals surface area contributed by atoms with Crippen LogP contribution in [0.5, 0.6) is 5.75 Å². The molecule has 2 aromatic carbocycles. The highest BCUT2D eigenvalue weighted by Crippen LogP contribution is 2.21. The highest BCUT2D eigenvalue weighted by atomic mass is 32.2. The number of hydrogen-bond donors (Lipinski definition) is 2. The largest absolute Gasteiger partial charge is 0.493 e. The lowest BCUT2D eigenvalue weighted by molar-refractivity contribution is 0.102. The second-order valence-electron chi connectivity index (χ2n) is 7.89. The highest BCUT2D eigenvalue weighted by Gasteiger charge is 2.22. The number of ether oxygens (including phenoxy) is 1. The van der Waals surface area contributed by atoms with Gasteiger partial charge in [-0.2, -0.15) is 0 Å². The number of benzene rings is 2. The van der Waals surface area contributed by atoms with Gasteiger partial charge >= 0.3 is 0 Å². The number of unbranched alkanes of at least 4 members (excludes halogenated alkanes) is 2. The van der Waals surface area contributed by atoms with Gasteiger partial charge in [-0.3, -0.25) is 4.79 Å². The van der Waals surface area contributed by atoms with E-state index in [2.05, 4.69) is 17.0 Å². The van der Waals surface area contributed by atoms with Crippen molar-refractivity contribution in [3.63, 3.8) is 0 Å². The SMILES string of the molecule is CCCCCOc1ccccc1C(=O)Nc1ccc(S(=O)(=O)NC(C)(C)C)cc1. The van der Waals surface area contributed by atoms with Crippen LogP contribution in [0.2, 0.25) is 0 Å². The van der Waals surface area contributed by atoms with Crippen LogP contribution in [0.1, 0.15) is 57.3 Å². The van der Waals surface area contributed by atoms with Gasteiger partial charge in [0.1, 0.15) is 5.75 Å². The smallest absolute Gasteiger partial charge is 0.259 e. The van der Waals surface area contributed by atoms with Gasteiger partial charge in [-0.05, 0) is 63.6 Å². The van der Waals surface area contributed by atoms with Crippen LogP contribution >= 0.6 is 0 Å². The summed E-state index contributed by atoms with van der Waals surface area (Å²) >= 11 is 0. The summed E-state index contributed by atoms with van der Waals surface area (Å²) in [5.74, 6) is 0.231. The zero-order valence-corrected chi connectivity index (χ0v) is 18.3. The molecular formula is C22H30N2O4S. The first-order chi connectivity index (χ1) is 13.6. The molecule has 0 unspecified atom stereocenters. The van der Waals surface area contributed by atoms with Crippen LogP contribution in [-0.2, 0) is 10.0 Å². The Morgan fingerprint density at radius 1 is 1.00 bits per heavy atom. The first-order valence-electron chi connectivity index (χ1n) is 9.79. The van der Waals surface area contributed by atoms with E-state index in [0.29, 0.717) is 23.6 Å². The maximum absolute atomic E-state index is 12.7. The van der Waals surface area contributed by atoms with Gasteiger partial charge < -0.3 is 10.1 Å². The van der Waals surface area contributed by atoms with Crippen molar-refractivity contribution in [3.8, 4) is 5.75 Å². The average Bonchev–Trinajstić information content (AvgIpc) is 2.64. The fourth-order valence-corrected chi connectivity index (χ4v) is 4.11. The molecule has 0 radical (unpaired) electrons. The van der Waals surface area contributed by atoms with E-state index in [4.69, 9.17) is 4.74 Å². The summed E-state index contributed by atoms with van der Waals surface area (Å²) < 4.78 is 33.1. The van der Waals surface area contributed by atoms with Gasteiger partial charge in [0, 0.05) is 11.2 Å². The standard InChI is InChI=1S/C22H30N2O4S/c1-5-6-9-16-28-20-11-8-7-10-19(20)21(25)23-17-12-14-18(15-13-17)29(26,27)24-22(2,3)4/h7-8,10-15,24H,5-6,9,16H2,1-4H3,(H,23,25). The van der Waals surface area contributed by atoms with Crippen LogP contribution in [0.4, 0.5) is 5.69 Å². The van der Waals surface area contributed by atoms with Gasteiger partial charge in [-0.15, -0.1) is 0 Å². The Kier molecular flexibility index (Phi) is 7.81. The summed E-state index contributed by atoms with van der Waals surface area (Å²) in [4.78, 5) is 12.8. The van der Waals surface area contributed by atoms with Crippen LogP contribution in [0.25, 0.3) is 0 Å². The lowest BCUT2D eigenvalue weighted by Crippen LogP contribution is -2.40. The Bertz CT molecular complexity index is 917. The van der Waals surface area contributed by atoms with Gasteiger partial charge in [0.2, 0.25) is 10.0 Å². The van der Waals surface area contributed by atoms with Crippen molar-refractivity contribution < 1.29 is 17.9 Å². The predicted molar refractivity (Wildman–Crippen MR) is 116 cm³/mol. The molecule has 158 valence electrons. The first-order valence-corrected chi connectivity index (χ1v) is 11.3. The second kappa shape index (κ2) is 9.89. The minimum atomic E-state index is -3.62. The Morgan fingerprint density at radius 3 is 2.28 bits per heavy atom. The third kappa shape index (κ3) is 7.18. The Morgan fingerprint density at radius 2 is 1.66 bits per heavy atom. The number of amides is 1. The Labute approximate surface area is 173 Å². The summed E-state index contributed by atoms with van der Waals surface area (Å²) in [6.45, 7) is 8.02. The van der Waals surface area contributed by atoms with Crippen LogP contribution in [0.3, 0.4) is 0 Å². The van der Waals surface area contributed by atoms with Gasteiger partial charge in [0.05, 0.1) is 17.1 Å². The monoisotopic (exact) mass is 418 g/mol. The van der Waals surface area contributed by atoms with E-state index in [-0.39, 0.29) is 10.8 Å². The molecule has 1 amide bonds. The van der Waals surface area contributed by atoms with Crippen molar-refractivity contribution in [1.29, 1.82) is 0 Å². The predicted octanol–water partition coefficient (Wildman–Crippen LogP) is 4.58. The number of carbonyl (C=O) groups is 1. The number of sulfonamides is 1. The van der Waals surface area contributed by atoms with Crippen LogP contribution in [0, 0.1) is 0 Å². The zero-order chi connectivity index (χ0) is 21.5. The quantitative estimate of drug-likeness (QED) is 0.584. The van der Waals surface area contributed by atoms with Crippen molar-refractivity contribution in [1.82, 2.24) is 4.72 Å². The fraction of sp³-hybridized carbons (Fsp3) is 0.409. The van der Waals surface area contributed by atoms with Gasteiger partial charge in [0.15, 0.2) is 0 Å². The molecule has 0 atom stereocenters. The third-order valence-electron chi connectivity index (χ3n) is 4.00. The molecule has 0 aromatic heterocycles. The topological polar surface area (TPSA) is 84.5 Å². The summed E-state index contributed by atoms with van der Waals surface area (Å²) in [5, 5.41) is 2.79. The third-order valence-corrected chi connectivity index (χ3v) is 5.77.